The van der Waals surface area contributed by atoms with Gasteiger partial charge in [0.15, 0.2) is 6.17 Å². The van der Waals surface area contributed by atoms with E-state index in [-0.39, 0.29) is 60.2 Å². The van der Waals surface area contributed by atoms with E-state index in [4.69, 9.17) is 15.2 Å². The molecule has 7 heterocycles. The molecule has 1 spiro atoms. The molecule has 78 heavy (non-hydrogen) atoms. The molecule has 19 nitrogen and oxygen atoms in total. The van der Waals surface area contributed by atoms with E-state index >= 15 is 0 Å². The van der Waals surface area contributed by atoms with Gasteiger partial charge in [-0.2, -0.15) is 0 Å². The van der Waals surface area contributed by atoms with Crippen LogP contribution in [-0.2, 0) is 20.9 Å². The molecule has 3 aromatic heterocycles. The normalized spacial score (nSPS) is 21.6. The van der Waals surface area contributed by atoms with Crippen LogP contribution in [0.25, 0.3) is 21.2 Å². The molecule has 0 unspecified atom stereocenters. The maximum Gasteiger partial charge on any atom is 0.255 e. The molecule has 4 fully saturated rings. The van der Waals surface area contributed by atoms with Crippen LogP contribution >= 0.6 is 11.3 Å². The van der Waals surface area contributed by atoms with E-state index in [1.54, 1.807) is 29.7 Å². The summed E-state index contributed by atoms with van der Waals surface area (Å²) in [5, 5.41) is 20.4. The number of piperidine rings is 2. The van der Waals surface area contributed by atoms with Gasteiger partial charge < -0.3 is 46.1 Å². The maximum atomic E-state index is 14.5. The number of fused-ring (bicyclic) bond motifs is 1. The number of aryl methyl sites for hydroxylation is 1. The Bertz CT molecular complexity index is 3100. The van der Waals surface area contributed by atoms with Gasteiger partial charge in [0.25, 0.3) is 17.7 Å². The molecular weight excluding hydrogens is 1020 g/mol. The predicted molar refractivity (Wildman–Crippen MR) is 292 cm³/mol. The number of β-amino-alcohol motifs (C(OH)–C–C–N with tert-alkyl or cyclic N) is 1. The second-order valence-electron chi connectivity index (χ2n) is 22.0. The highest BCUT2D eigenvalue weighted by Crippen LogP contribution is 2.42. The third-order valence-electron chi connectivity index (χ3n) is 15.9. The SMILES string of the molecule is CC[C@@H]1[C@H](F)C(=O)N[C@@H]1COc1ncc(C#CCN2CCC3(CC2)CCN(c2ncc(C(=O)N[C@@H](C(=O)N4C[C@@H](O)C[C@@H]4C(=O)NCc4ccc(-c5scnc5C)cc4)C(C)(C)C)cn2)CC3)c2cc(C(N)=O)c(OC)cc12. The summed E-state index contributed by atoms with van der Waals surface area (Å²) in [7, 11) is 1.43. The molecule has 412 valence electrons. The van der Waals surface area contributed by atoms with Gasteiger partial charge in [0.2, 0.25) is 23.6 Å². The lowest BCUT2D eigenvalue weighted by Gasteiger charge is -2.46. The number of benzene rings is 2. The number of aliphatic hydroxyl groups excluding tert-OH is 1. The number of hydrogen-bond donors (Lipinski definition) is 5. The van der Waals surface area contributed by atoms with E-state index < -0.39 is 65.4 Å². The fourth-order valence-electron chi connectivity index (χ4n) is 11.1. The Morgan fingerprint density at radius 1 is 1.00 bits per heavy atom. The average molecular weight is 1090 g/mol. The van der Waals surface area contributed by atoms with Crippen LogP contribution in [0.1, 0.15) is 104 Å². The monoisotopic (exact) mass is 1090 g/mol. The van der Waals surface area contributed by atoms with Crippen LogP contribution in [0, 0.1) is 35.5 Å². The van der Waals surface area contributed by atoms with Gasteiger partial charge in [0, 0.05) is 67.9 Å². The number of primary amides is 1. The number of ether oxygens (including phenoxy) is 2. The molecule has 2 aromatic carbocycles. The minimum absolute atomic E-state index is 0.00468. The molecule has 6 N–H and O–H groups in total. The van der Waals surface area contributed by atoms with Gasteiger partial charge in [0.1, 0.15) is 24.4 Å². The number of halogens is 1. The zero-order valence-electron chi connectivity index (χ0n) is 44.9. The summed E-state index contributed by atoms with van der Waals surface area (Å²) in [4.78, 5) is 91.2. The van der Waals surface area contributed by atoms with Crippen molar-refractivity contribution in [3.63, 3.8) is 0 Å². The second kappa shape index (κ2) is 23.4. The van der Waals surface area contributed by atoms with E-state index in [1.165, 1.54) is 24.4 Å². The van der Waals surface area contributed by atoms with Crippen molar-refractivity contribution in [2.45, 2.75) is 110 Å². The third kappa shape index (κ3) is 12.1. The number of rotatable bonds is 15. The number of methoxy groups -OCH3 is 1. The highest BCUT2D eigenvalue weighted by Gasteiger charge is 2.45. The number of carbonyl (C=O) groups excluding carboxylic acids is 5. The zero-order chi connectivity index (χ0) is 55.5. The molecule has 21 heteroatoms. The number of thiazole rings is 1. The Morgan fingerprint density at radius 2 is 1.71 bits per heavy atom. The molecule has 0 bridgehead atoms. The average Bonchev–Trinajstić information content (AvgIpc) is 4.16. The number of carbonyl (C=O) groups is 5. The van der Waals surface area contributed by atoms with Gasteiger partial charge in [-0.05, 0) is 86.2 Å². The first-order valence-corrected chi connectivity index (χ1v) is 27.5. The number of alkyl halides is 1. The highest BCUT2D eigenvalue weighted by atomic mass is 32.1. The molecule has 5 amide bonds. The Kier molecular flexibility index (Phi) is 16.6. The number of aromatic nitrogens is 4. The number of likely N-dealkylation sites (tertiary alicyclic amines) is 2. The molecule has 5 aromatic rings. The van der Waals surface area contributed by atoms with E-state index in [0.29, 0.717) is 35.2 Å². The highest BCUT2D eigenvalue weighted by molar-refractivity contribution is 7.13. The zero-order valence-corrected chi connectivity index (χ0v) is 45.8. The smallest absolute Gasteiger partial charge is 0.255 e. The van der Waals surface area contributed by atoms with Crippen molar-refractivity contribution in [1.82, 2.24) is 45.7 Å². The van der Waals surface area contributed by atoms with E-state index in [9.17, 15) is 33.5 Å². The van der Waals surface area contributed by atoms with Crippen LogP contribution in [0.5, 0.6) is 11.6 Å². The van der Waals surface area contributed by atoms with Crippen molar-refractivity contribution in [3.05, 3.63) is 88.4 Å². The van der Waals surface area contributed by atoms with Crippen molar-refractivity contribution < 1.29 is 42.9 Å². The van der Waals surface area contributed by atoms with Crippen molar-refractivity contribution in [1.29, 1.82) is 0 Å². The molecule has 0 aliphatic carbocycles. The van der Waals surface area contributed by atoms with Crippen molar-refractivity contribution in [3.8, 4) is 33.9 Å². The van der Waals surface area contributed by atoms with Crippen LogP contribution in [0.3, 0.4) is 0 Å². The first-order valence-electron chi connectivity index (χ1n) is 26.6. The minimum atomic E-state index is -1.60. The van der Waals surface area contributed by atoms with Crippen LogP contribution < -0.4 is 36.1 Å². The Hall–Kier alpha value is -7.28. The summed E-state index contributed by atoms with van der Waals surface area (Å²) in [6.07, 6.45) is 6.49. The summed E-state index contributed by atoms with van der Waals surface area (Å²) in [5.74, 6) is 4.35. The lowest BCUT2D eigenvalue weighted by Crippen LogP contribution is -2.57. The Balaban J connectivity index is 0.766. The summed E-state index contributed by atoms with van der Waals surface area (Å²) < 4.78 is 26.1. The molecule has 6 atom stereocenters. The van der Waals surface area contributed by atoms with Gasteiger partial charge in [-0.3, -0.25) is 28.9 Å². The van der Waals surface area contributed by atoms with Crippen LogP contribution in [0.15, 0.2) is 60.5 Å². The van der Waals surface area contributed by atoms with Crippen molar-refractivity contribution in [2.24, 2.45) is 22.5 Å². The topological polar surface area (TPSA) is 247 Å². The van der Waals surface area contributed by atoms with E-state index in [1.807, 2.05) is 64.4 Å². The summed E-state index contributed by atoms with van der Waals surface area (Å²) in [6, 6.07) is 8.66. The number of amides is 5. The number of nitrogens with one attached hydrogen (secondary N) is 3. The first-order chi connectivity index (χ1) is 37.3. The molecule has 0 saturated carbocycles. The van der Waals surface area contributed by atoms with Gasteiger partial charge >= 0.3 is 0 Å². The number of nitrogens with zero attached hydrogens (tertiary/aromatic N) is 7. The second-order valence-corrected chi connectivity index (χ2v) is 22.9. The van der Waals surface area contributed by atoms with Crippen molar-refractivity contribution >= 4 is 57.6 Å². The lowest BCUT2D eigenvalue weighted by molar-refractivity contribution is -0.142. The third-order valence-corrected chi connectivity index (χ3v) is 16.9. The Morgan fingerprint density at radius 3 is 2.35 bits per heavy atom. The standard InChI is InChI=1S/C57H68FN11O8S/c1-7-39-43(65-52(74)46(39)58)31-77-53-41-25-45(76-6)42(49(59)71)24-40(41)36(27-61-53)9-8-18-67-19-14-57(15-20-67)16-21-68(22-17-57)55-62-28-37(29-63-55)50(72)66-48(56(3,4)5)54(75)69-30-38(70)23-44(69)51(73)60-26-34-10-12-35(13-11-34)47-33(2)64-32-78-47/h10-13,24-25,27-29,32,38-39,43-44,46,48,70H,7,14-23,26,30-31H2,1-6H3,(H2,59,71)(H,60,73)(H,65,74)(H,66,72)/t38-,39-,43+,44+,46-,48-/m0/s1. The fraction of sp³-hybridized carbons (Fsp3) is 0.491. The summed E-state index contributed by atoms with van der Waals surface area (Å²) >= 11 is 1.57. The number of nitrogens with two attached hydrogens (primary N) is 1. The number of aliphatic hydroxyl groups is 1. The molecule has 9 rings (SSSR count). The van der Waals surface area contributed by atoms with E-state index in [2.05, 4.69) is 57.5 Å². The molecule has 4 aliphatic rings. The van der Waals surface area contributed by atoms with Gasteiger partial charge in [0.05, 0.1) is 58.6 Å². The van der Waals surface area contributed by atoms with Crippen molar-refractivity contribution in [2.75, 3.05) is 57.9 Å². The molecule has 0 radical (unpaired) electrons. The Labute approximate surface area is 457 Å². The minimum Gasteiger partial charge on any atom is -0.496 e. The molecular formula is C57H68FN11O8S. The summed E-state index contributed by atoms with van der Waals surface area (Å²) in [6.45, 7) is 13.3. The van der Waals surface area contributed by atoms with Crippen LogP contribution in [0.4, 0.5) is 10.3 Å². The lowest BCUT2D eigenvalue weighted by atomic mass is 9.71. The first kappa shape index (κ1) is 55.5. The number of anilines is 1. The predicted octanol–water partition coefficient (Wildman–Crippen LogP) is 4.96. The number of pyridine rings is 1. The van der Waals surface area contributed by atoms with Gasteiger partial charge in [-0.15, -0.1) is 11.3 Å². The van der Waals surface area contributed by atoms with E-state index in [0.717, 1.165) is 73.6 Å². The fourth-order valence-corrected chi connectivity index (χ4v) is 11.9. The van der Waals surface area contributed by atoms with Gasteiger partial charge in [-0.1, -0.05) is 63.8 Å². The summed E-state index contributed by atoms with van der Waals surface area (Å²) in [5.41, 5.74) is 10.8. The quantitative estimate of drug-likeness (QED) is 0.0871. The molecule has 4 aliphatic heterocycles. The van der Waals surface area contributed by atoms with Gasteiger partial charge in [-0.25, -0.2) is 24.3 Å². The maximum absolute atomic E-state index is 14.5. The van der Waals surface area contributed by atoms with Crippen LogP contribution in [0.2, 0.25) is 0 Å². The van der Waals surface area contributed by atoms with Crippen LogP contribution in [-0.4, -0.2) is 148 Å². The largest absolute Gasteiger partial charge is 0.496 e. The number of hydrogen-bond acceptors (Lipinski definition) is 15. The molecule has 4 saturated heterocycles.